The first-order valence-electron chi connectivity index (χ1n) is 10.5. The molecule has 8 heteroatoms. The molecule has 2 aromatic carbocycles. The van der Waals surface area contributed by atoms with Crippen molar-refractivity contribution in [3.05, 3.63) is 78.1 Å². The Morgan fingerprint density at radius 1 is 1.00 bits per heavy atom. The first-order chi connectivity index (χ1) is 15.4. The Hall–Kier alpha value is -3.23. The number of anilines is 1. The van der Waals surface area contributed by atoms with E-state index < -0.39 is 10.0 Å². The predicted octanol–water partition coefficient (Wildman–Crippen LogP) is 4.61. The summed E-state index contributed by atoms with van der Waals surface area (Å²) in [6, 6.07) is 15.2. The number of ether oxygens (including phenoxy) is 1. The van der Waals surface area contributed by atoms with Gasteiger partial charge in [-0.3, -0.25) is 9.78 Å². The van der Waals surface area contributed by atoms with Crippen LogP contribution in [0.5, 0.6) is 11.5 Å². The van der Waals surface area contributed by atoms with Crippen LogP contribution < -0.4 is 10.1 Å². The topological polar surface area (TPSA) is 88.6 Å². The summed E-state index contributed by atoms with van der Waals surface area (Å²) in [5, 5.41) is 2.80. The van der Waals surface area contributed by atoms with Crippen molar-refractivity contribution < 1.29 is 17.9 Å². The highest BCUT2D eigenvalue weighted by Crippen LogP contribution is 2.34. The van der Waals surface area contributed by atoms with Crippen molar-refractivity contribution in [2.24, 2.45) is 0 Å². The van der Waals surface area contributed by atoms with E-state index in [0.717, 1.165) is 24.8 Å². The van der Waals surface area contributed by atoms with E-state index in [9.17, 15) is 13.2 Å². The summed E-state index contributed by atoms with van der Waals surface area (Å²) in [6.45, 7) is 2.96. The van der Waals surface area contributed by atoms with Gasteiger partial charge in [0.1, 0.15) is 5.75 Å². The van der Waals surface area contributed by atoms with E-state index in [1.165, 1.54) is 28.8 Å². The molecule has 32 heavy (non-hydrogen) atoms. The van der Waals surface area contributed by atoms with Crippen molar-refractivity contribution in [1.82, 2.24) is 9.29 Å². The van der Waals surface area contributed by atoms with Gasteiger partial charge >= 0.3 is 0 Å². The van der Waals surface area contributed by atoms with Crippen LogP contribution in [-0.4, -0.2) is 36.7 Å². The van der Waals surface area contributed by atoms with Crippen LogP contribution in [0, 0.1) is 6.92 Å². The van der Waals surface area contributed by atoms with Crippen LogP contribution in [0.4, 0.5) is 5.69 Å². The lowest BCUT2D eigenvalue weighted by Gasteiger charge is -2.26. The van der Waals surface area contributed by atoms with Crippen molar-refractivity contribution >= 4 is 21.6 Å². The third-order valence-corrected chi connectivity index (χ3v) is 7.21. The second-order valence-electron chi connectivity index (χ2n) is 7.73. The van der Waals surface area contributed by atoms with E-state index in [-0.39, 0.29) is 16.5 Å². The van der Waals surface area contributed by atoms with Gasteiger partial charge in [-0.1, -0.05) is 18.6 Å². The zero-order chi connectivity index (χ0) is 22.6. The van der Waals surface area contributed by atoms with Gasteiger partial charge in [0.15, 0.2) is 5.75 Å². The molecule has 0 bridgehead atoms. The predicted molar refractivity (Wildman–Crippen MR) is 122 cm³/mol. The molecule has 166 valence electrons. The smallest absolute Gasteiger partial charge is 0.255 e. The molecule has 0 unspecified atom stereocenters. The number of amides is 1. The highest BCUT2D eigenvalue weighted by molar-refractivity contribution is 7.89. The molecule has 1 fully saturated rings. The maximum absolute atomic E-state index is 13.2. The zero-order valence-corrected chi connectivity index (χ0v) is 18.6. The largest absolute Gasteiger partial charge is 0.455 e. The summed E-state index contributed by atoms with van der Waals surface area (Å²) in [5.41, 5.74) is 1.71. The number of carbonyl (C=O) groups is 1. The average molecular weight is 452 g/mol. The molecule has 0 radical (unpaired) electrons. The maximum atomic E-state index is 13.2. The van der Waals surface area contributed by atoms with E-state index in [1.807, 2.05) is 25.1 Å². The number of hydrogen-bond donors (Lipinski definition) is 1. The van der Waals surface area contributed by atoms with E-state index >= 15 is 0 Å². The number of pyridine rings is 1. The molecule has 1 aromatic heterocycles. The number of rotatable bonds is 6. The summed E-state index contributed by atoms with van der Waals surface area (Å²) in [6.07, 6.45) is 5.77. The third-order valence-electron chi connectivity index (χ3n) is 5.31. The van der Waals surface area contributed by atoms with Gasteiger partial charge in [0, 0.05) is 31.0 Å². The van der Waals surface area contributed by atoms with Crippen molar-refractivity contribution in [2.45, 2.75) is 31.1 Å². The summed E-state index contributed by atoms with van der Waals surface area (Å²) < 4.78 is 33.9. The van der Waals surface area contributed by atoms with Crippen LogP contribution in [0.3, 0.4) is 0 Å². The molecule has 0 aliphatic carbocycles. The quantitative estimate of drug-likeness (QED) is 0.591. The lowest BCUT2D eigenvalue weighted by atomic mass is 10.2. The molecule has 0 spiro atoms. The van der Waals surface area contributed by atoms with Crippen LogP contribution in [0.25, 0.3) is 0 Å². The minimum absolute atomic E-state index is 0.126. The van der Waals surface area contributed by atoms with Gasteiger partial charge in [-0.15, -0.1) is 0 Å². The Morgan fingerprint density at radius 2 is 1.75 bits per heavy atom. The minimum Gasteiger partial charge on any atom is -0.455 e. The van der Waals surface area contributed by atoms with Crippen LogP contribution >= 0.6 is 0 Å². The lowest BCUT2D eigenvalue weighted by molar-refractivity contribution is 0.102. The zero-order valence-electron chi connectivity index (χ0n) is 17.8. The lowest BCUT2D eigenvalue weighted by Crippen LogP contribution is -2.35. The molecule has 1 aliphatic rings. The molecule has 1 amide bonds. The summed E-state index contributed by atoms with van der Waals surface area (Å²) in [7, 11) is -3.66. The van der Waals surface area contributed by atoms with Crippen LogP contribution in [0.2, 0.25) is 0 Å². The molecule has 1 aliphatic heterocycles. The fourth-order valence-electron chi connectivity index (χ4n) is 3.61. The number of sulfonamides is 1. The second kappa shape index (κ2) is 9.50. The molecule has 1 saturated heterocycles. The van der Waals surface area contributed by atoms with Crippen LogP contribution in [-0.2, 0) is 10.0 Å². The number of piperidine rings is 1. The molecular weight excluding hydrogens is 426 g/mol. The summed E-state index contributed by atoms with van der Waals surface area (Å²) >= 11 is 0. The highest BCUT2D eigenvalue weighted by Gasteiger charge is 2.27. The Morgan fingerprint density at radius 3 is 2.47 bits per heavy atom. The molecule has 0 atom stereocenters. The van der Waals surface area contributed by atoms with E-state index in [4.69, 9.17) is 4.74 Å². The summed E-state index contributed by atoms with van der Waals surface area (Å²) in [5.74, 6) is 0.570. The van der Waals surface area contributed by atoms with Crippen molar-refractivity contribution in [1.29, 1.82) is 0 Å². The number of carbonyl (C=O) groups excluding carboxylic acids is 1. The van der Waals surface area contributed by atoms with E-state index in [2.05, 4.69) is 10.3 Å². The monoisotopic (exact) mass is 451 g/mol. The molecule has 2 heterocycles. The number of aromatic nitrogens is 1. The number of benzene rings is 2. The SMILES string of the molecule is Cc1cccc(Oc2ccc(S(=O)(=O)N3CCCCC3)cc2NC(=O)c2ccncc2)c1. The van der Waals surface area contributed by atoms with Gasteiger partial charge in [0.25, 0.3) is 5.91 Å². The van der Waals surface area contributed by atoms with Gasteiger partial charge in [-0.25, -0.2) is 8.42 Å². The van der Waals surface area contributed by atoms with E-state index in [0.29, 0.717) is 30.2 Å². The molecule has 0 saturated carbocycles. The molecule has 7 nitrogen and oxygen atoms in total. The maximum Gasteiger partial charge on any atom is 0.255 e. The Bertz CT molecular complexity index is 1210. The molecule has 1 N–H and O–H groups in total. The molecule has 3 aromatic rings. The van der Waals surface area contributed by atoms with Gasteiger partial charge in [-0.2, -0.15) is 4.31 Å². The number of hydrogen-bond acceptors (Lipinski definition) is 5. The fourth-order valence-corrected chi connectivity index (χ4v) is 5.16. The van der Waals surface area contributed by atoms with Gasteiger partial charge in [-0.05, 0) is 67.8 Å². The third kappa shape index (κ3) is 4.98. The van der Waals surface area contributed by atoms with Crippen LogP contribution in [0.1, 0.15) is 35.2 Å². The van der Waals surface area contributed by atoms with E-state index in [1.54, 1.807) is 24.3 Å². The van der Waals surface area contributed by atoms with Gasteiger partial charge in [0.05, 0.1) is 10.6 Å². The van der Waals surface area contributed by atoms with Crippen molar-refractivity contribution in [2.75, 3.05) is 18.4 Å². The minimum atomic E-state index is -3.66. The average Bonchev–Trinajstić information content (AvgIpc) is 2.81. The Labute approximate surface area is 188 Å². The first kappa shape index (κ1) is 22.0. The van der Waals surface area contributed by atoms with Crippen molar-refractivity contribution in [3.63, 3.8) is 0 Å². The molecule has 4 rings (SSSR count). The van der Waals surface area contributed by atoms with Crippen LogP contribution in [0.15, 0.2) is 71.9 Å². The van der Waals surface area contributed by atoms with Crippen molar-refractivity contribution in [3.8, 4) is 11.5 Å². The number of aryl methyl sites for hydroxylation is 1. The number of nitrogens with one attached hydrogen (secondary N) is 1. The van der Waals surface area contributed by atoms with Gasteiger partial charge in [0.2, 0.25) is 10.0 Å². The molecular formula is C24H25N3O4S. The first-order valence-corrected chi connectivity index (χ1v) is 12.0. The standard InChI is InChI=1S/C24H25N3O4S/c1-18-6-5-7-20(16-18)31-23-9-8-21(32(29,30)27-14-3-2-4-15-27)17-22(23)26-24(28)19-10-12-25-13-11-19/h5-13,16-17H,2-4,14-15H2,1H3,(H,26,28). The highest BCUT2D eigenvalue weighted by atomic mass is 32.2. The number of nitrogens with zero attached hydrogens (tertiary/aromatic N) is 2. The Balaban J connectivity index is 1.70. The Kier molecular flexibility index (Phi) is 6.53. The van der Waals surface area contributed by atoms with Gasteiger partial charge < -0.3 is 10.1 Å². The summed E-state index contributed by atoms with van der Waals surface area (Å²) in [4.78, 5) is 16.8. The normalized spacial score (nSPS) is 14.7. The fraction of sp³-hybridized carbons (Fsp3) is 0.250. The second-order valence-corrected chi connectivity index (χ2v) is 9.67.